The minimum absolute atomic E-state index is 0.0297. The normalized spacial score (nSPS) is 15.6. The number of imidazole rings is 1. The summed E-state index contributed by atoms with van der Waals surface area (Å²) < 4.78 is 66.0. The molecule has 0 spiro atoms. The molecule has 0 amide bonds. The highest BCUT2D eigenvalue weighted by molar-refractivity contribution is 7.91. The van der Waals surface area contributed by atoms with Gasteiger partial charge in [-0.25, -0.2) is 18.4 Å². The molecule has 0 aromatic carbocycles. The van der Waals surface area contributed by atoms with Crippen LogP contribution in [-0.4, -0.2) is 33.7 Å². The molecule has 10 heteroatoms. The molecule has 1 saturated carbocycles. The molecule has 0 N–H and O–H groups in total. The van der Waals surface area contributed by atoms with E-state index < -0.39 is 21.6 Å². The first-order valence-corrected chi connectivity index (χ1v) is 10.9. The fourth-order valence-corrected chi connectivity index (χ4v) is 4.49. The van der Waals surface area contributed by atoms with E-state index in [1.165, 1.54) is 4.57 Å². The van der Waals surface area contributed by atoms with Gasteiger partial charge in [0, 0.05) is 19.4 Å². The van der Waals surface area contributed by atoms with Crippen LogP contribution in [0.25, 0.3) is 22.7 Å². The molecule has 1 aliphatic rings. The number of alkyl halides is 3. The molecule has 0 saturated heterocycles. The van der Waals surface area contributed by atoms with Gasteiger partial charge in [-0.2, -0.15) is 13.2 Å². The van der Waals surface area contributed by atoms with E-state index in [1.54, 1.807) is 26.2 Å². The second-order valence-electron chi connectivity index (χ2n) is 7.21. The minimum Gasteiger partial charge on any atom is -0.310 e. The van der Waals surface area contributed by atoms with Gasteiger partial charge in [-0.1, -0.05) is 13.3 Å². The zero-order chi connectivity index (χ0) is 21.0. The van der Waals surface area contributed by atoms with Gasteiger partial charge in [-0.3, -0.25) is 4.98 Å². The maximum Gasteiger partial charge on any atom is 0.417 e. The largest absolute Gasteiger partial charge is 0.417 e. The van der Waals surface area contributed by atoms with Gasteiger partial charge in [0.1, 0.15) is 11.2 Å². The molecule has 154 valence electrons. The summed E-state index contributed by atoms with van der Waals surface area (Å²) in [6.45, 7) is 1.54. The second kappa shape index (κ2) is 6.79. The molecule has 3 aromatic heterocycles. The summed E-state index contributed by atoms with van der Waals surface area (Å²) >= 11 is 0. The lowest BCUT2D eigenvalue weighted by atomic mass is 9.81. The summed E-state index contributed by atoms with van der Waals surface area (Å²) in [7, 11) is -2.04. The topological polar surface area (TPSA) is 77.7 Å². The fraction of sp³-hybridized carbons (Fsp3) is 0.421. The van der Waals surface area contributed by atoms with Crippen LogP contribution in [0.15, 0.2) is 29.4 Å². The molecule has 1 aliphatic carbocycles. The Morgan fingerprint density at radius 1 is 1.17 bits per heavy atom. The van der Waals surface area contributed by atoms with Crippen LogP contribution in [0, 0.1) is 0 Å². The Morgan fingerprint density at radius 3 is 2.48 bits per heavy atom. The summed E-state index contributed by atoms with van der Waals surface area (Å²) in [5.41, 5.74) is 0.330. The zero-order valence-electron chi connectivity index (χ0n) is 15.9. The van der Waals surface area contributed by atoms with Gasteiger partial charge < -0.3 is 4.57 Å². The molecule has 0 aliphatic heterocycles. The average Bonchev–Trinajstić information content (AvgIpc) is 2.96. The zero-order valence-corrected chi connectivity index (χ0v) is 16.7. The van der Waals surface area contributed by atoms with Gasteiger partial charge in [-0.05, 0) is 36.5 Å². The Hall–Kier alpha value is -2.49. The van der Waals surface area contributed by atoms with Crippen molar-refractivity contribution in [3.8, 4) is 11.5 Å². The monoisotopic (exact) mass is 424 g/mol. The summed E-state index contributed by atoms with van der Waals surface area (Å²) in [5.74, 6) is 0.341. The van der Waals surface area contributed by atoms with E-state index in [0.29, 0.717) is 5.92 Å². The standard InChI is InChI=1S/C19H19F3N4O2S/c1-3-29(27,28)15-7-12(11-5-4-6-11)9-23-16(15)18-25-14-8-13(19(20,21)22)10-24-17(14)26(18)2/h7-11H,3-6H2,1-2H3. The third kappa shape index (κ3) is 3.39. The Balaban J connectivity index is 1.91. The van der Waals surface area contributed by atoms with Gasteiger partial charge in [-0.15, -0.1) is 0 Å². The van der Waals surface area contributed by atoms with Crippen molar-refractivity contribution in [1.82, 2.24) is 19.5 Å². The van der Waals surface area contributed by atoms with Crippen LogP contribution < -0.4 is 0 Å². The molecule has 3 aromatic rings. The van der Waals surface area contributed by atoms with E-state index in [-0.39, 0.29) is 33.3 Å². The third-order valence-electron chi connectivity index (χ3n) is 5.41. The highest BCUT2D eigenvalue weighted by atomic mass is 32.2. The Morgan fingerprint density at radius 2 is 1.90 bits per heavy atom. The number of hydrogen-bond donors (Lipinski definition) is 0. The minimum atomic E-state index is -4.54. The predicted octanol–water partition coefficient (Wildman–Crippen LogP) is 4.11. The highest BCUT2D eigenvalue weighted by Gasteiger charge is 2.32. The average molecular weight is 424 g/mol. The molecule has 3 heterocycles. The molecule has 4 rings (SSSR count). The second-order valence-corrected chi connectivity index (χ2v) is 9.45. The summed E-state index contributed by atoms with van der Waals surface area (Å²) in [6.07, 6.45) is 0.914. The molecule has 0 bridgehead atoms. The Kier molecular flexibility index (Phi) is 4.64. The van der Waals surface area contributed by atoms with E-state index in [0.717, 1.165) is 37.1 Å². The van der Waals surface area contributed by atoms with Crippen LogP contribution in [0.5, 0.6) is 0 Å². The van der Waals surface area contributed by atoms with Crippen molar-refractivity contribution in [2.75, 3.05) is 5.75 Å². The van der Waals surface area contributed by atoms with Gasteiger partial charge in [0.2, 0.25) is 0 Å². The van der Waals surface area contributed by atoms with Gasteiger partial charge in [0.05, 0.1) is 16.2 Å². The SMILES string of the molecule is CCS(=O)(=O)c1cc(C2CCC2)cnc1-c1nc2cc(C(F)(F)F)cnc2n1C. The van der Waals surface area contributed by atoms with Gasteiger partial charge >= 0.3 is 6.18 Å². The van der Waals surface area contributed by atoms with Crippen molar-refractivity contribution in [2.24, 2.45) is 7.05 Å². The summed E-state index contributed by atoms with van der Waals surface area (Å²) in [4.78, 5) is 12.6. The van der Waals surface area contributed by atoms with Crippen LogP contribution in [-0.2, 0) is 23.1 Å². The van der Waals surface area contributed by atoms with Crippen LogP contribution in [0.2, 0.25) is 0 Å². The molecular formula is C19H19F3N4O2S. The van der Waals surface area contributed by atoms with Crippen LogP contribution in [0.3, 0.4) is 0 Å². The Labute approximate surface area is 165 Å². The van der Waals surface area contributed by atoms with Crippen molar-refractivity contribution < 1.29 is 21.6 Å². The number of rotatable bonds is 4. The van der Waals surface area contributed by atoms with Crippen molar-refractivity contribution in [1.29, 1.82) is 0 Å². The molecule has 1 fully saturated rings. The Bertz CT molecular complexity index is 1200. The molecular weight excluding hydrogens is 405 g/mol. The van der Waals surface area contributed by atoms with Crippen LogP contribution >= 0.6 is 0 Å². The van der Waals surface area contributed by atoms with E-state index in [4.69, 9.17) is 0 Å². The van der Waals surface area contributed by atoms with E-state index in [2.05, 4.69) is 15.0 Å². The van der Waals surface area contributed by atoms with Crippen LogP contribution in [0.4, 0.5) is 13.2 Å². The number of hydrogen-bond acceptors (Lipinski definition) is 5. The molecule has 29 heavy (non-hydrogen) atoms. The van der Waals surface area contributed by atoms with Crippen molar-refractivity contribution in [3.05, 3.63) is 35.7 Å². The first-order chi connectivity index (χ1) is 13.6. The van der Waals surface area contributed by atoms with Gasteiger partial charge in [0.25, 0.3) is 0 Å². The number of halogens is 3. The highest BCUT2D eigenvalue weighted by Crippen LogP contribution is 2.39. The number of sulfone groups is 1. The van der Waals surface area contributed by atoms with Gasteiger partial charge in [0.15, 0.2) is 21.3 Å². The van der Waals surface area contributed by atoms with Crippen LogP contribution in [0.1, 0.15) is 43.2 Å². The lowest BCUT2D eigenvalue weighted by Crippen LogP contribution is -2.13. The lowest BCUT2D eigenvalue weighted by Gasteiger charge is -2.26. The molecule has 0 atom stereocenters. The van der Waals surface area contributed by atoms with Crippen molar-refractivity contribution >= 4 is 21.0 Å². The van der Waals surface area contributed by atoms with E-state index >= 15 is 0 Å². The van der Waals surface area contributed by atoms with Crippen molar-refractivity contribution in [2.45, 2.75) is 43.2 Å². The molecule has 0 unspecified atom stereocenters. The van der Waals surface area contributed by atoms with E-state index in [1.807, 2.05) is 0 Å². The first kappa shape index (κ1) is 19.8. The number of aromatic nitrogens is 4. The number of nitrogens with zero attached hydrogens (tertiary/aromatic N) is 4. The smallest absolute Gasteiger partial charge is 0.310 e. The predicted molar refractivity (Wildman–Crippen MR) is 101 cm³/mol. The maximum absolute atomic E-state index is 13.0. The molecule has 0 radical (unpaired) electrons. The number of fused-ring (bicyclic) bond motifs is 1. The number of pyridine rings is 2. The summed E-state index contributed by atoms with van der Waals surface area (Å²) in [5, 5.41) is 0. The van der Waals surface area contributed by atoms with Crippen molar-refractivity contribution in [3.63, 3.8) is 0 Å². The quantitative estimate of drug-likeness (QED) is 0.630. The summed E-state index contributed by atoms with van der Waals surface area (Å²) in [6, 6.07) is 2.54. The third-order valence-corrected chi connectivity index (χ3v) is 7.16. The number of aryl methyl sites for hydroxylation is 1. The fourth-order valence-electron chi connectivity index (χ4n) is 3.43. The molecule has 6 nitrogen and oxygen atoms in total. The lowest BCUT2D eigenvalue weighted by molar-refractivity contribution is -0.137. The van der Waals surface area contributed by atoms with E-state index in [9.17, 15) is 21.6 Å². The first-order valence-electron chi connectivity index (χ1n) is 9.24. The maximum atomic E-state index is 13.0.